The first kappa shape index (κ1) is 18.8. The minimum absolute atomic E-state index is 0.119. The number of fused-ring (bicyclic) bond motifs is 1. The molecule has 1 saturated heterocycles. The molecule has 1 aromatic rings. The summed E-state index contributed by atoms with van der Waals surface area (Å²) >= 11 is 0. The summed E-state index contributed by atoms with van der Waals surface area (Å²) in [6.07, 6.45) is 3.72. The first-order valence-electron chi connectivity index (χ1n) is 8.81. The zero-order valence-corrected chi connectivity index (χ0v) is 15.7. The molecule has 2 amide bonds. The van der Waals surface area contributed by atoms with Crippen LogP contribution in [0.15, 0.2) is 18.2 Å². The number of piperidine rings is 1. The third-order valence-corrected chi connectivity index (χ3v) is 5.13. The minimum Gasteiger partial charge on any atom is -0.490 e. The number of rotatable bonds is 4. The Hall–Kier alpha value is -2.00. The van der Waals surface area contributed by atoms with Crippen molar-refractivity contribution in [2.75, 3.05) is 44.4 Å². The fourth-order valence-electron chi connectivity index (χ4n) is 3.13. The van der Waals surface area contributed by atoms with E-state index in [0.29, 0.717) is 50.0 Å². The third kappa shape index (κ3) is 5.25. The molecule has 0 aromatic heterocycles. The van der Waals surface area contributed by atoms with E-state index in [1.807, 2.05) is 0 Å². The van der Waals surface area contributed by atoms with Gasteiger partial charge in [-0.1, -0.05) is 0 Å². The lowest BCUT2D eigenvalue weighted by molar-refractivity contribution is 0.178. The van der Waals surface area contributed by atoms with Crippen LogP contribution in [0, 0.1) is 5.92 Å². The molecule has 9 heteroatoms. The van der Waals surface area contributed by atoms with Crippen LogP contribution in [-0.2, 0) is 10.0 Å². The topological polar surface area (TPSA) is 97.0 Å². The van der Waals surface area contributed by atoms with Crippen molar-refractivity contribution in [1.82, 2.24) is 9.62 Å². The van der Waals surface area contributed by atoms with Gasteiger partial charge in [-0.25, -0.2) is 17.9 Å². The van der Waals surface area contributed by atoms with Crippen molar-refractivity contribution < 1.29 is 22.7 Å². The van der Waals surface area contributed by atoms with Gasteiger partial charge in [0.1, 0.15) is 0 Å². The van der Waals surface area contributed by atoms with Crippen LogP contribution in [0.3, 0.4) is 0 Å². The van der Waals surface area contributed by atoms with Gasteiger partial charge >= 0.3 is 6.03 Å². The lowest BCUT2D eigenvalue weighted by Gasteiger charge is -2.32. The summed E-state index contributed by atoms with van der Waals surface area (Å²) in [4.78, 5) is 14.3. The lowest BCUT2D eigenvalue weighted by atomic mass is 9.99. The highest BCUT2D eigenvalue weighted by molar-refractivity contribution is 7.88. The summed E-state index contributed by atoms with van der Waals surface area (Å²) in [5, 5.41) is 2.89. The van der Waals surface area contributed by atoms with Crippen molar-refractivity contribution >= 4 is 21.7 Å². The second-order valence-corrected chi connectivity index (χ2v) is 8.55. The highest BCUT2D eigenvalue weighted by Gasteiger charge is 2.24. The zero-order valence-electron chi connectivity index (χ0n) is 14.9. The van der Waals surface area contributed by atoms with Crippen LogP contribution in [0.5, 0.6) is 11.5 Å². The Kier molecular flexibility index (Phi) is 5.87. The van der Waals surface area contributed by atoms with Gasteiger partial charge in [-0.3, -0.25) is 0 Å². The SMILES string of the molecule is CS(=O)(=O)NCC1CCCN(C(=O)Nc2ccc3c(c2)OCCCO3)C1. The van der Waals surface area contributed by atoms with Gasteiger partial charge in [-0.2, -0.15) is 0 Å². The lowest BCUT2D eigenvalue weighted by Crippen LogP contribution is -2.45. The molecule has 0 radical (unpaired) electrons. The Balaban J connectivity index is 1.58. The molecular weight excluding hydrogens is 358 g/mol. The van der Waals surface area contributed by atoms with E-state index in [4.69, 9.17) is 9.47 Å². The number of carbonyl (C=O) groups excluding carboxylic acids is 1. The molecule has 8 nitrogen and oxygen atoms in total. The molecule has 1 unspecified atom stereocenters. The predicted molar refractivity (Wildman–Crippen MR) is 98.2 cm³/mol. The number of urea groups is 1. The Morgan fingerprint density at radius 3 is 2.77 bits per heavy atom. The van der Waals surface area contributed by atoms with Crippen molar-refractivity contribution in [3.05, 3.63) is 18.2 Å². The van der Waals surface area contributed by atoms with E-state index >= 15 is 0 Å². The van der Waals surface area contributed by atoms with Gasteiger partial charge in [0, 0.05) is 37.8 Å². The van der Waals surface area contributed by atoms with E-state index in [1.54, 1.807) is 23.1 Å². The fraction of sp³-hybridized carbons (Fsp3) is 0.588. The molecular formula is C17H25N3O5S. The number of anilines is 1. The van der Waals surface area contributed by atoms with Crippen LogP contribution in [0.4, 0.5) is 10.5 Å². The second-order valence-electron chi connectivity index (χ2n) is 6.72. The first-order chi connectivity index (χ1) is 12.4. The Labute approximate surface area is 153 Å². The molecule has 144 valence electrons. The predicted octanol–water partition coefficient (Wildman–Crippen LogP) is 1.64. The number of hydrogen-bond acceptors (Lipinski definition) is 5. The summed E-state index contributed by atoms with van der Waals surface area (Å²) in [6.45, 7) is 2.75. The molecule has 1 atom stereocenters. The van der Waals surface area contributed by atoms with E-state index in [1.165, 1.54) is 0 Å². The number of amides is 2. The van der Waals surface area contributed by atoms with Gasteiger partial charge < -0.3 is 19.7 Å². The summed E-state index contributed by atoms with van der Waals surface area (Å²) in [5.74, 6) is 1.44. The zero-order chi connectivity index (χ0) is 18.6. The summed E-state index contributed by atoms with van der Waals surface area (Å²) in [7, 11) is -3.22. The number of benzene rings is 1. The minimum atomic E-state index is -3.22. The molecule has 26 heavy (non-hydrogen) atoms. The Bertz CT molecular complexity index is 753. The number of nitrogens with one attached hydrogen (secondary N) is 2. The molecule has 1 aromatic carbocycles. The van der Waals surface area contributed by atoms with Crippen LogP contribution < -0.4 is 19.5 Å². The molecule has 0 spiro atoms. The highest BCUT2D eigenvalue weighted by atomic mass is 32.2. The van der Waals surface area contributed by atoms with E-state index in [-0.39, 0.29) is 11.9 Å². The monoisotopic (exact) mass is 383 g/mol. The molecule has 0 bridgehead atoms. The van der Waals surface area contributed by atoms with Crippen molar-refractivity contribution in [2.24, 2.45) is 5.92 Å². The van der Waals surface area contributed by atoms with Gasteiger partial charge in [0.2, 0.25) is 10.0 Å². The Morgan fingerprint density at radius 1 is 1.23 bits per heavy atom. The maximum Gasteiger partial charge on any atom is 0.321 e. The van der Waals surface area contributed by atoms with Crippen LogP contribution in [0.25, 0.3) is 0 Å². The van der Waals surface area contributed by atoms with Gasteiger partial charge in [0.25, 0.3) is 0 Å². The van der Waals surface area contributed by atoms with Gasteiger partial charge in [0.05, 0.1) is 19.5 Å². The number of sulfonamides is 1. The van der Waals surface area contributed by atoms with Crippen molar-refractivity contribution in [3.63, 3.8) is 0 Å². The molecule has 2 heterocycles. The molecule has 3 rings (SSSR count). The number of likely N-dealkylation sites (tertiary alicyclic amines) is 1. The second kappa shape index (κ2) is 8.13. The summed E-state index contributed by atoms with van der Waals surface area (Å²) < 4.78 is 36.2. The summed E-state index contributed by atoms with van der Waals surface area (Å²) in [6, 6.07) is 5.16. The van der Waals surface area contributed by atoms with Crippen LogP contribution in [-0.4, -0.2) is 58.5 Å². The van der Waals surface area contributed by atoms with E-state index < -0.39 is 10.0 Å². The number of nitrogens with zero attached hydrogens (tertiary/aromatic N) is 1. The molecule has 0 saturated carbocycles. The fourth-order valence-corrected chi connectivity index (χ4v) is 3.67. The largest absolute Gasteiger partial charge is 0.490 e. The van der Waals surface area contributed by atoms with Crippen molar-refractivity contribution in [3.8, 4) is 11.5 Å². The van der Waals surface area contributed by atoms with E-state index in [0.717, 1.165) is 25.5 Å². The number of carbonyl (C=O) groups is 1. The molecule has 2 aliphatic rings. The van der Waals surface area contributed by atoms with E-state index in [9.17, 15) is 13.2 Å². The summed E-state index contributed by atoms with van der Waals surface area (Å²) in [5.41, 5.74) is 0.649. The normalized spacial score (nSPS) is 20.3. The molecule has 2 aliphatic heterocycles. The smallest absolute Gasteiger partial charge is 0.321 e. The average Bonchev–Trinajstić information content (AvgIpc) is 2.84. The quantitative estimate of drug-likeness (QED) is 0.824. The van der Waals surface area contributed by atoms with Gasteiger partial charge in [-0.05, 0) is 30.9 Å². The van der Waals surface area contributed by atoms with Crippen LogP contribution >= 0.6 is 0 Å². The Morgan fingerprint density at radius 2 is 2.00 bits per heavy atom. The number of hydrogen-bond donors (Lipinski definition) is 2. The van der Waals surface area contributed by atoms with Crippen molar-refractivity contribution in [2.45, 2.75) is 19.3 Å². The standard InChI is InChI=1S/C17H25N3O5S/c1-26(22,23)18-11-13-4-2-7-20(12-13)17(21)19-14-5-6-15-16(10-14)25-9-3-8-24-15/h5-6,10,13,18H,2-4,7-9,11-12H2,1H3,(H,19,21). The maximum atomic E-state index is 12.6. The van der Waals surface area contributed by atoms with Gasteiger partial charge in [-0.15, -0.1) is 0 Å². The average molecular weight is 383 g/mol. The van der Waals surface area contributed by atoms with Gasteiger partial charge in [0.15, 0.2) is 11.5 Å². The highest BCUT2D eigenvalue weighted by Crippen LogP contribution is 2.32. The van der Waals surface area contributed by atoms with E-state index in [2.05, 4.69) is 10.0 Å². The number of ether oxygens (including phenoxy) is 2. The first-order valence-corrected chi connectivity index (χ1v) is 10.7. The molecule has 1 fully saturated rings. The van der Waals surface area contributed by atoms with Crippen LogP contribution in [0.2, 0.25) is 0 Å². The third-order valence-electron chi connectivity index (χ3n) is 4.44. The van der Waals surface area contributed by atoms with Crippen LogP contribution in [0.1, 0.15) is 19.3 Å². The van der Waals surface area contributed by atoms with Crippen molar-refractivity contribution in [1.29, 1.82) is 0 Å². The molecule has 2 N–H and O–H groups in total. The molecule has 0 aliphatic carbocycles. The maximum absolute atomic E-state index is 12.6.